The lowest BCUT2D eigenvalue weighted by Gasteiger charge is -2.38. The number of amides is 1. The smallest absolute Gasteiger partial charge is 0.261 e. The first-order chi connectivity index (χ1) is 14.4. The van der Waals surface area contributed by atoms with Gasteiger partial charge in [-0.05, 0) is 44.4 Å². The van der Waals surface area contributed by atoms with Crippen LogP contribution in [0.15, 0.2) is 60.7 Å². The van der Waals surface area contributed by atoms with Crippen molar-refractivity contribution in [2.45, 2.75) is 44.9 Å². The molecule has 1 heterocycles. The maximum Gasteiger partial charge on any atom is 0.261 e. The number of fused-ring (bicyclic) bond motifs is 2. The number of methoxy groups -OCH3 is 1. The van der Waals surface area contributed by atoms with Crippen LogP contribution in [0.5, 0.6) is 17.2 Å². The van der Waals surface area contributed by atoms with Crippen molar-refractivity contribution in [1.82, 2.24) is 5.32 Å². The summed E-state index contributed by atoms with van der Waals surface area (Å²) in [6.45, 7) is 5.81. The highest BCUT2D eigenvalue weighted by molar-refractivity contribution is 5.89. The van der Waals surface area contributed by atoms with Crippen LogP contribution in [-0.2, 0) is 4.79 Å². The van der Waals surface area contributed by atoms with Gasteiger partial charge in [0.1, 0.15) is 22.8 Å². The summed E-state index contributed by atoms with van der Waals surface area (Å²) in [5.74, 6) is 2.00. The van der Waals surface area contributed by atoms with Gasteiger partial charge >= 0.3 is 0 Å². The van der Waals surface area contributed by atoms with Crippen LogP contribution in [0.1, 0.15) is 38.8 Å². The number of benzene rings is 3. The van der Waals surface area contributed by atoms with E-state index in [1.54, 1.807) is 14.0 Å². The number of carbonyl (C=O) groups excluding carboxylic acids is 1. The van der Waals surface area contributed by atoms with E-state index < -0.39 is 11.7 Å². The van der Waals surface area contributed by atoms with Crippen LogP contribution in [0.25, 0.3) is 10.8 Å². The molecule has 1 amide bonds. The minimum absolute atomic E-state index is 0.160. The Balaban J connectivity index is 1.53. The number of ether oxygens (including phenoxy) is 3. The lowest BCUT2D eigenvalue weighted by atomic mass is 9.89. The lowest BCUT2D eigenvalue weighted by molar-refractivity contribution is -0.128. The molecule has 0 saturated carbocycles. The van der Waals surface area contributed by atoms with Gasteiger partial charge in [0, 0.05) is 23.4 Å². The van der Waals surface area contributed by atoms with Crippen molar-refractivity contribution < 1.29 is 19.0 Å². The Hall–Kier alpha value is -3.21. The van der Waals surface area contributed by atoms with Gasteiger partial charge in [0.25, 0.3) is 5.91 Å². The Morgan fingerprint density at radius 2 is 1.90 bits per heavy atom. The highest BCUT2D eigenvalue weighted by atomic mass is 16.5. The maximum atomic E-state index is 13.0. The molecule has 1 aliphatic rings. The molecule has 0 spiro atoms. The monoisotopic (exact) mass is 405 g/mol. The Morgan fingerprint density at radius 3 is 2.70 bits per heavy atom. The van der Waals surface area contributed by atoms with E-state index in [2.05, 4.69) is 5.32 Å². The van der Waals surface area contributed by atoms with E-state index in [-0.39, 0.29) is 11.9 Å². The fourth-order valence-corrected chi connectivity index (χ4v) is 3.92. The van der Waals surface area contributed by atoms with Crippen LogP contribution in [-0.4, -0.2) is 24.7 Å². The van der Waals surface area contributed by atoms with Crippen molar-refractivity contribution in [1.29, 1.82) is 0 Å². The quantitative estimate of drug-likeness (QED) is 0.647. The summed E-state index contributed by atoms with van der Waals surface area (Å²) in [5, 5.41) is 5.22. The first kappa shape index (κ1) is 20.1. The average Bonchev–Trinajstić information content (AvgIpc) is 2.72. The van der Waals surface area contributed by atoms with Gasteiger partial charge in [-0.15, -0.1) is 0 Å². The molecule has 156 valence electrons. The Kier molecular flexibility index (Phi) is 5.29. The summed E-state index contributed by atoms with van der Waals surface area (Å²) in [5.41, 5.74) is 0.540. The zero-order chi connectivity index (χ0) is 21.3. The van der Waals surface area contributed by atoms with Crippen molar-refractivity contribution in [3.05, 3.63) is 66.2 Å². The average molecular weight is 405 g/mol. The molecule has 5 heteroatoms. The molecule has 3 aromatic rings. The van der Waals surface area contributed by atoms with Crippen LogP contribution in [0, 0.1) is 0 Å². The van der Waals surface area contributed by atoms with Crippen molar-refractivity contribution in [3.8, 4) is 17.2 Å². The molecule has 5 nitrogen and oxygen atoms in total. The number of nitrogens with one attached hydrogen (secondary N) is 1. The number of hydrogen-bond donors (Lipinski definition) is 1. The van der Waals surface area contributed by atoms with Gasteiger partial charge in [-0.2, -0.15) is 0 Å². The molecular formula is C25H27NO4. The van der Waals surface area contributed by atoms with Gasteiger partial charge in [0.15, 0.2) is 6.10 Å². The van der Waals surface area contributed by atoms with E-state index in [1.807, 2.05) is 74.5 Å². The van der Waals surface area contributed by atoms with E-state index >= 15 is 0 Å². The largest absolute Gasteiger partial charge is 0.497 e. The van der Waals surface area contributed by atoms with Crippen LogP contribution >= 0.6 is 0 Å². The van der Waals surface area contributed by atoms with Gasteiger partial charge in [-0.25, -0.2) is 0 Å². The summed E-state index contributed by atoms with van der Waals surface area (Å²) in [6, 6.07) is 19.4. The molecule has 1 aliphatic heterocycles. The summed E-state index contributed by atoms with van der Waals surface area (Å²) in [6.07, 6.45) is 0.0300. The normalized spacial score (nSPS) is 18.1. The molecule has 0 unspecified atom stereocenters. The van der Waals surface area contributed by atoms with Crippen LogP contribution in [0.2, 0.25) is 0 Å². The first-order valence-electron chi connectivity index (χ1n) is 10.2. The molecule has 0 fully saturated rings. The minimum Gasteiger partial charge on any atom is -0.497 e. The molecule has 0 saturated heterocycles. The van der Waals surface area contributed by atoms with E-state index in [9.17, 15) is 4.79 Å². The first-order valence-corrected chi connectivity index (χ1v) is 10.2. The topological polar surface area (TPSA) is 56.8 Å². The van der Waals surface area contributed by atoms with Gasteiger partial charge in [-0.1, -0.05) is 36.4 Å². The van der Waals surface area contributed by atoms with Crippen molar-refractivity contribution in [3.63, 3.8) is 0 Å². The zero-order valence-corrected chi connectivity index (χ0v) is 17.8. The van der Waals surface area contributed by atoms with Crippen molar-refractivity contribution >= 4 is 16.7 Å². The number of rotatable bonds is 5. The maximum absolute atomic E-state index is 13.0. The number of carbonyl (C=O) groups is 1. The summed E-state index contributed by atoms with van der Waals surface area (Å²) in [7, 11) is 1.63. The van der Waals surface area contributed by atoms with Crippen LogP contribution < -0.4 is 19.5 Å². The molecule has 0 radical (unpaired) electrons. The second kappa shape index (κ2) is 7.90. The highest BCUT2D eigenvalue weighted by Gasteiger charge is 2.35. The number of hydrogen-bond acceptors (Lipinski definition) is 4. The van der Waals surface area contributed by atoms with Gasteiger partial charge in [0.2, 0.25) is 0 Å². The summed E-state index contributed by atoms with van der Waals surface area (Å²) in [4.78, 5) is 13.0. The van der Waals surface area contributed by atoms with Gasteiger partial charge in [-0.3, -0.25) is 4.79 Å². The Morgan fingerprint density at radius 1 is 1.13 bits per heavy atom. The SMILES string of the molecule is COc1ccc2c(c1)OC(C)(C)C[C@H]2NC(=O)[C@H](C)Oc1cccc2ccccc12. The predicted molar refractivity (Wildman–Crippen MR) is 117 cm³/mol. The fourth-order valence-electron chi connectivity index (χ4n) is 3.92. The molecule has 2 atom stereocenters. The zero-order valence-electron chi connectivity index (χ0n) is 17.8. The van der Waals surface area contributed by atoms with Crippen molar-refractivity contribution in [2.24, 2.45) is 0 Å². The third-order valence-electron chi connectivity index (χ3n) is 5.42. The second-order valence-corrected chi connectivity index (χ2v) is 8.27. The molecule has 0 bridgehead atoms. The molecule has 0 aliphatic carbocycles. The van der Waals surface area contributed by atoms with E-state index in [1.165, 1.54) is 0 Å². The Labute approximate surface area is 177 Å². The van der Waals surface area contributed by atoms with Gasteiger partial charge in [0.05, 0.1) is 13.2 Å². The standard InChI is InChI=1S/C25H27NO4/c1-16(29-22-11-7-9-17-8-5-6-10-19(17)22)24(27)26-21-15-25(2,3)30-23-14-18(28-4)12-13-20(21)23/h5-14,16,21H,15H2,1-4H3,(H,26,27)/t16-,21+/m0/s1. The van der Waals surface area contributed by atoms with Gasteiger partial charge < -0.3 is 19.5 Å². The molecule has 4 rings (SSSR count). The van der Waals surface area contributed by atoms with E-state index in [0.29, 0.717) is 12.2 Å². The summed E-state index contributed by atoms with van der Waals surface area (Å²) < 4.78 is 17.5. The van der Waals surface area contributed by atoms with Crippen LogP contribution in [0.3, 0.4) is 0 Å². The third kappa shape index (κ3) is 4.06. The molecule has 30 heavy (non-hydrogen) atoms. The molecule has 1 N–H and O–H groups in total. The van der Waals surface area contributed by atoms with Crippen molar-refractivity contribution in [2.75, 3.05) is 7.11 Å². The predicted octanol–water partition coefficient (Wildman–Crippen LogP) is 5.03. The van der Waals surface area contributed by atoms with E-state index in [0.717, 1.165) is 27.8 Å². The molecule has 3 aromatic carbocycles. The van der Waals surface area contributed by atoms with E-state index in [4.69, 9.17) is 14.2 Å². The molecular weight excluding hydrogens is 378 g/mol. The second-order valence-electron chi connectivity index (χ2n) is 8.27. The summed E-state index contributed by atoms with van der Waals surface area (Å²) >= 11 is 0. The lowest BCUT2D eigenvalue weighted by Crippen LogP contribution is -2.44. The molecule has 0 aromatic heterocycles. The minimum atomic E-state index is -0.636. The third-order valence-corrected chi connectivity index (χ3v) is 5.42. The van der Waals surface area contributed by atoms with Crippen LogP contribution in [0.4, 0.5) is 0 Å². The fraction of sp³-hybridized carbons (Fsp3) is 0.320. The highest BCUT2D eigenvalue weighted by Crippen LogP contribution is 2.41. The Bertz CT molecular complexity index is 1070.